The molecule has 0 radical (unpaired) electrons. The minimum Gasteiger partial charge on any atom is -0.461 e. The summed E-state index contributed by atoms with van der Waals surface area (Å²) in [5.74, 6) is -0.497. The van der Waals surface area contributed by atoms with Crippen molar-refractivity contribution in [2.75, 3.05) is 27.4 Å². The summed E-state index contributed by atoms with van der Waals surface area (Å²) in [6, 6.07) is 11.7. The van der Waals surface area contributed by atoms with Gasteiger partial charge in [-0.3, -0.25) is 0 Å². The van der Waals surface area contributed by atoms with Crippen molar-refractivity contribution in [2.24, 2.45) is 0 Å². The molecule has 0 spiro atoms. The Labute approximate surface area is 233 Å². The van der Waals surface area contributed by atoms with Crippen LogP contribution in [0.5, 0.6) is 0 Å². The van der Waals surface area contributed by atoms with E-state index in [4.69, 9.17) is 23.4 Å². The van der Waals surface area contributed by atoms with E-state index in [0.29, 0.717) is 27.7 Å². The lowest BCUT2D eigenvalue weighted by molar-refractivity contribution is -0.108. The van der Waals surface area contributed by atoms with E-state index in [1.165, 1.54) is 31.8 Å². The first kappa shape index (κ1) is 28.8. The van der Waals surface area contributed by atoms with Gasteiger partial charge in [-0.15, -0.1) is 11.3 Å². The Morgan fingerprint density at radius 3 is 2.52 bits per heavy atom. The highest BCUT2D eigenvalue weighted by molar-refractivity contribution is 7.13. The standard InChI is InChI=1S/C27H28N4O8S/c1-4-37-25(33)21-15-40-24(30-21)17-10-11-18(26(35-2)36-3)28-22(17)20-14-38-23(29-20)19(12-32)31-27(34)39-13-16-8-6-5-7-9-16/h5-11,14-15,19,26,32H,4,12-13H2,1-3H3,(H,31,34)/t19-/m0/s1. The number of nitrogens with one attached hydrogen (secondary N) is 1. The number of pyridine rings is 1. The number of aliphatic hydroxyl groups excluding tert-OH is 1. The van der Waals surface area contributed by atoms with Gasteiger partial charge in [0.1, 0.15) is 35.3 Å². The molecule has 1 aromatic carbocycles. The summed E-state index contributed by atoms with van der Waals surface area (Å²) in [6.07, 6.45) is -0.156. The molecule has 13 heteroatoms. The molecule has 0 saturated heterocycles. The van der Waals surface area contributed by atoms with Crippen LogP contribution in [-0.2, 0) is 25.6 Å². The number of aliphatic hydroxyl groups is 1. The molecular weight excluding hydrogens is 540 g/mol. The Kier molecular flexibility index (Phi) is 9.91. The van der Waals surface area contributed by atoms with E-state index in [1.54, 1.807) is 24.4 Å². The molecule has 1 amide bonds. The molecule has 0 unspecified atom stereocenters. The van der Waals surface area contributed by atoms with Crippen molar-refractivity contribution in [1.29, 1.82) is 0 Å². The van der Waals surface area contributed by atoms with Crippen LogP contribution in [0.2, 0.25) is 0 Å². The number of aromatic nitrogens is 3. The molecular formula is C27H28N4O8S. The van der Waals surface area contributed by atoms with Gasteiger partial charge in [-0.25, -0.2) is 24.5 Å². The fourth-order valence-electron chi connectivity index (χ4n) is 3.66. The van der Waals surface area contributed by atoms with E-state index in [9.17, 15) is 14.7 Å². The molecule has 0 aliphatic heterocycles. The number of rotatable bonds is 12. The predicted octanol–water partition coefficient (Wildman–Crippen LogP) is 4.29. The summed E-state index contributed by atoms with van der Waals surface area (Å²) in [4.78, 5) is 38.1. The topological polar surface area (TPSA) is 155 Å². The zero-order valence-corrected chi connectivity index (χ0v) is 22.8. The van der Waals surface area contributed by atoms with Crippen molar-refractivity contribution in [3.8, 4) is 22.0 Å². The summed E-state index contributed by atoms with van der Waals surface area (Å²) in [7, 11) is 2.97. The lowest BCUT2D eigenvalue weighted by Crippen LogP contribution is -2.31. The third-order valence-electron chi connectivity index (χ3n) is 5.56. The second kappa shape index (κ2) is 13.8. The Balaban J connectivity index is 1.61. The SMILES string of the molecule is CCOC(=O)c1csc(-c2ccc(C(OC)OC)nc2-c2coc([C@H](CO)NC(=O)OCc3ccccc3)n2)n1. The fourth-order valence-corrected chi connectivity index (χ4v) is 4.47. The minimum atomic E-state index is -0.982. The first-order valence-electron chi connectivity index (χ1n) is 12.2. The normalized spacial score (nSPS) is 11.8. The van der Waals surface area contributed by atoms with Crippen LogP contribution in [0.1, 0.15) is 46.9 Å². The van der Waals surface area contributed by atoms with Crippen LogP contribution in [0.3, 0.4) is 0 Å². The van der Waals surface area contributed by atoms with Gasteiger partial charge < -0.3 is 33.8 Å². The van der Waals surface area contributed by atoms with E-state index < -0.39 is 31.0 Å². The number of nitrogens with zero attached hydrogens (tertiary/aromatic N) is 3. The number of amides is 1. The number of oxazole rings is 1. The minimum absolute atomic E-state index is 0.0358. The van der Waals surface area contributed by atoms with Crippen molar-refractivity contribution in [3.63, 3.8) is 0 Å². The van der Waals surface area contributed by atoms with Crippen LogP contribution in [0, 0.1) is 0 Å². The molecule has 210 valence electrons. The zero-order valence-electron chi connectivity index (χ0n) is 22.0. The van der Waals surface area contributed by atoms with Gasteiger partial charge in [-0.2, -0.15) is 0 Å². The molecule has 40 heavy (non-hydrogen) atoms. The number of thiazole rings is 1. The van der Waals surface area contributed by atoms with Gasteiger partial charge in [-0.05, 0) is 24.6 Å². The molecule has 0 saturated carbocycles. The van der Waals surface area contributed by atoms with Crippen LogP contribution < -0.4 is 5.32 Å². The second-order valence-corrected chi connectivity index (χ2v) is 9.06. The van der Waals surface area contributed by atoms with Crippen molar-refractivity contribution in [1.82, 2.24) is 20.3 Å². The molecule has 0 fully saturated rings. The van der Waals surface area contributed by atoms with Gasteiger partial charge in [-0.1, -0.05) is 30.3 Å². The molecule has 0 aliphatic carbocycles. The van der Waals surface area contributed by atoms with Crippen LogP contribution in [0.15, 0.2) is 58.5 Å². The van der Waals surface area contributed by atoms with Gasteiger partial charge in [0.15, 0.2) is 5.69 Å². The molecule has 3 heterocycles. The van der Waals surface area contributed by atoms with Crippen LogP contribution in [0.25, 0.3) is 22.0 Å². The highest BCUT2D eigenvalue weighted by Crippen LogP contribution is 2.34. The van der Waals surface area contributed by atoms with Gasteiger partial charge in [0.05, 0.1) is 18.9 Å². The molecule has 2 N–H and O–H groups in total. The number of hydrogen-bond acceptors (Lipinski definition) is 12. The molecule has 1 atom stereocenters. The number of ether oxygens (including phenoxy) is 4. The highest BCUT2D eigenvalue weighted by atomic mass is 32.1. The van der Waals surface area contributed by atoms with Crippen LogP contribution in [0.4, 0.5) is 4.79 Å². The quantitative estimate of drug-likeness (QED) is 0.186. The molecule has 0 bridgehead atoms. The number of benzene rings is 1. The molecule has 4 rings (SSSR count). The summed E-state index contributed by atoms with van der Waals surface area (Å²) >= 11 is 1.23. The first-order chi connectivity index (χ1) is 19.5. The van der Waals surface area contributed by atoms with Crippen molar-refractivity contribution < 1.29 is 38.1 Å². The third-order valence-corrected chi connectivity index (χ3v) is 6.43. The number of carbonyl (C=O) groups is 2. The number of alkyl carbamates (subject to hydrolysis) is 1. The Morgan fingerprint density at radius 1 is 1.05 bits per heavy atom. The number of esters is 1. The predicted molar refractivity (Wildman–Crippen MR) is 143 cm³/mol. The second-order valence-electron chi connectivity index (χ2n) is 8.21. The molecule has 12 nitrogen and oxygen atoms in total. The molecule has 3 aromatic heterocycles. The highest BCUT2D eigenvalue weighted by Gasteiger charge is 2.25. The number of hydrogen-bond donors (Lipinski definition) is 2. The number of carbonyl (C=O) groups excluding carboxylic acids is 2. The fraction of sp³-hybridized carbons (Fsp3) is 0.296. The smallest absolute Gasteiger partial charge is 0.408 e. The lowest BCUT2D eigenvalue weighted by atomic mass is 10.1. The third kappa shape index (κ3) is 6.87. The van der Waals surface area contributed by atoms with Crippen molar-refractivity contribution >= 4 is 23.4 Å². The van der Waals surface area contributed by atoms with E-state index in [1.807, 2.05) is 30.3 Å². The van der Waals surface area contributed by atoms with E-state index in [2.05, 4.69) is 20.3 Å². The lowest BCUT2D eigenvalue weighted by Gasteiger charge is -2.15. The maximum atomic E-state index is 12.4. The zero-order chi connectivity index (χ0) is 28.5. The molecule has 0 aliphatic rings. The van der Waals surface area contributed by atoms with Crippen molar-refractivity contribution in [2.45, 2.75) is 25.9 Å². The largest absolute Gasteiger partial charge is 0.461 e. The Bertz CT molecular complexity index is 1420. The summed E-state index contributed by atoms with van der Waals surface area (Å²) in [5, 5.41) is 14.6. The van der Waals surface area contributed by atoms with Gasteiger partial charge >= 0.3 is 12.1 Å². The average molecular weight is 569 g/mol. The Morgan fingerprint density at radius 2 is 1.82 bits per heavy atom. The van der Waals surface area contributed by atoms with Gasteiger partial charge in [0, 0.05) is 25.2 Å². The van der Waals surface area contributed by atoms with E-state index in [0.717, 1.165) is 5.56 Å². The van der Waals surface area contributed by atoms with Crippen LogP contribution in [-0.4, -0.2) is 59.6 Å². The summed E-state index contributed by atoms with van der Waals surface area (Å²) in [6.45, 7) is 1.51. The van der Waals surface area contributed by atoms with Crippen molar-refractivity contribution in [3.05, 3.63) is 76.9 Å². The summed E-state index contributed by atoms with van der Waals surface area (Å²) < 4.78 is 26.6. The van der Waals surface area contributed by atoms with E-state index in [-0.39, 0.29) is 24.8 Å². The van der Waals surface area contributed by atoms with Crippen LogP contribution >= 0.6 is 11.3 Å². The monoisotopic (exact) mass is 568 g/mol. The van der Waals surface area contributed by atoms with E-state index >= 15 is 0 Å². The number of methoxy groups -OCH3 is 2. The van der Waals surface area contributed by atoms with Gasteiger partial charge in [0.2, 0.25) is 12.2 Å². The summed E-state index contributed by atoms with van der Waals surface area (Å²) in [5.41, 5.74) is 2.66. The Hall–Kier alpha value is -4.17. The van der Waals surface area contributed by atoms with Gasteiger partial charge in [0.25, 0.3) is 0 Å². The molecule has 4 aromatic rings. The average Bonchev–Trinajstić information content (AvgIpc) is 3.67. The maximum Gasteiger partial charge on any atom is 0.408 e. The first-order valence-corrected chi connectivity index (χ1v) is 13.1. The maximum absolute atomic E-state index is 12.4.